The second-order valence-electron chi connectivity index (χ2n) is 3.79. The van der Waals surface area contributed by atoms with Crippen LogP contribution >= 0.6 is 0 Å². The Morgan fingerprint density at radius 1 is 1.50 bits per heavy atom. The molecule has 0 bridgehead atoms. The van der Waals surface area contributed by atoms with E-state index in [4.69, 9.17) is 0 Å². The van der Waals surface area contributed by atoms with Crippen molar-refractivity contribution in [1.29, 1.82) is 0 Å². The van der Waals surface area contributed by atoms with Gasteiger partial charge in [0.2, 0.25) is 0 Å². The van der Waals surface area contributed by atoms with Crippen LogP contribution in [-0.4, -0.2) is 12.0 Å². The monoisotopic (exact) mass is 175 g/mol. The van der Waals surface area contributed by atoms with E-state index in [1.54, 1.807) is 0 Å². The van der Waals surface area contributed by atoms with Crippen molar-refractivity contribution in [3.05, 3.63) is 12.3 Å². The molecule has 0 heterocycles. The Bertz CT molecular complexity index is 179. The number of hydrogen-bond donors (Lipinski definition) is 1. The van der Waals surface area contributed by atoms with Crippen molar-refractivity contribution in [2.24, 2.45) is 5.92 Å². The van der Waals surface area contributed by atoms with Gasteiger partial charge >= 0.3 is 0 Å². The van der Waals surface area contributed by atoms with E-state index in [1.165, 1.54) is 0 Å². The minimum Gasteiger partial charge on any atom is -0.385 e. The van der Waals surface area contributed by atoms with Crippen molar-refractivity contribution in [3.8, 4) is 0 Å². The molecule has 0 unspecified atom stereocenters. The highest BCUT2D eigenvalue weighted by Gasteiger charge is 2.45. The predicted molar refractivity (Wildman–Crippen MR) is 45.1 cm³/mol. The van der Waals surface area contributed by atoms with E-state index in [0.29, 0.717) is 5.92 Å². The zero-order valence-electron chi connectivity index (χ0n) is 7.53. The molecule has 0 radical (unpaired) electrons. The standard InChI is InChI=1S/C9H15F2N/c1-6(2)7(3)12-8-4-9(10,11)5-8/h6,8,12H,3-5H2,1-2H3. The van der Waals surface area contributed by atoms with Crippen LogP contribution in [0.2, 0.25) is 0 Å². The molecule has 1 rings (SSSR count). The first kappa shape index (κ1) is 9.49. The zero-order chi connectivity index (χ0) is 9.35. The van der Waals surface area contributed by atoms with Crippen molar-refractivity contribution in [2.75, 3.05) is 0 Å². The van der Waals surface area contributed by atoms with Gasteiger partial charge in [0.05, 0.1) is 0 Å². The van der Waals surface area contributed by atoms with Crippen LogP contribution < -0.4 is 5.32 Å². The highest BCUT2D eigenvalue weighted by Crippen LogP contribution is 2.37. The fourth-order valence-corrected chi connectivity index (χ4v) is 1.19. The molecular formula is C9H15F2N. The summed E-state index contributed by atoms with van der Waals surface area (Å²) < 4.78 is 24.7. The first-order valence-electron chi connectivity index (χ1n) is 4.24. The minimum atomic E-state index is -2.44. The third-order valence-electron chi connectivity index (χ3n) is 2.18. The molecule has 1 aliphatic rings. The lowest BCUT2D eigenvalue weighted by Gasteiger charge is -2.37. The molecule has 0 amide bonds. The molecule has 12 heavy (non-hydrogen) atoms. The SMILES string of the molecule is C=C(NC1CC(F)(F)C1)C(C)C. The number of hydrogen-bond acceptors (Lipinski definition) is 1. The van der Waals surface area contributed by atoms with Crippen LogP contribution in [0.15, 0.2) is 12.3 Å². The Balaban J connectivity index is 2.23. The van der Waals surface area contributed by atoms with Crippen molar-refractivity contribution in [2.45, 2.75) is 38.7 Å². The topological polar surface area (TPSA) is 12.0 Å². The Morgan fingerprint density at radius 3 is 2.33 bits per heavy atom. The molecule has 1 fully saturated rings. The maximum absolute atomic E-state index is 12.4. The molecule has 1 N–H and O–H groups in total. The van der Waals surface area contributed by atoms with Crippen LogP contribution in [0, 0.1) is 5.92 Å². The number of rotatable bonds is 3. The summed E-state index contributed by atoms with van der Waals surface area (Å²) in [6, 6.07) is -0.0603. The Kier molecular flexibility index (Phi) is 2.40. The molecule has 1 saturated carbocycles. The van der Waals surface area contributed by atoms with E-state index in [0.717, 1.165) is 5.70 Å². The maximum atomic E-state index is 12.4. The van der Waals surface area contributed by atoms with Gasteiger partial charge in [-0.1, -0.05) is 20.4 Å². The van der Waals surface area contributed by atoms with Gasteiger partial charge in [0.1, 0.15) is 0 Å². The fraction of sp³-hybridized carbons (Fsp3) is 0.778. The molecule has 1 aliphatic carbocycles. The lowest BCUT2D eigenvalue weighted by molar-refractivity contribution is -0.0909. The Hall–Kier alpha value is -0.600. The Labute approximate surface area is 71.8 Å². The lowest BCUT2D eigenvalue weighted by atomic mass is 9.87. The summed E-state index contributed by atoms with van der Waals surface area (Å²) in [5.41, 5.74) is 0.857. The van der Waals surface area contributed by atoms with Crippen molar-refractivity contribution >= 4 is 0 Å². The first-order valence-corrected chi connectivity index (χ1v) is 4.24. The molecule has 3 heteroatoms. The highest BCUT2D eigenvalue weighted by molar-refractivity contribution is 5.02. The molecule has 0 saturated heterocycles. The van der Waals surface area contributed by atoms with Crippen LogP contribution in [0.5, 0.6) is 0 Å². The van der Waals surface area contributed by atoms with E-state index in [9.17, 15) is 8.78 Å². The average molecular weight is 175 g/mol. The van der Waals surface area contributed by atoms with E-state index in [1.807, 2.05) is 13.8 Å². The van der Waals surface area contributed by atoms with Gasteiger partial charge in [0.15, 0.2) is 0 Å². The zero-order valence-corrected chi connectivity index (χ0v) is 7.53. The summed E-state index contributed by atoms with van der Waals surface area (Å²) in [7, 11) is 0. The second-order valence-corrected chi connectivity index (χ2v) is 3.79. The third kappa shape index (κ3) is 2.19. The molecule has 70 valence electrons. The highest BCUT2D eigenvalue weighted by atomic mass is 19.3. The summed E-state index contributed by atoms with van der Waals surface area (Å²) in [4.78, 5) is 0. The van der Waals surface area contributed by atoms with Crippen LogP contribution in [0.4, 0.5) is 8.78 Å². The molecule has 1 nitrogen and oxygen atoms in total. The summed E-state index contributed by atoms with van der Waals surface area (Å²) in [6.45, 7) is 7.75. The number of nitrogens with one attached hydrogen (secondary N) is 1. The molecule has 0 aliphatic heterocycles. The number of halogens is 2. The first-order chi connectivity index (χ1) is 5.41. The molecule has 0 aromatic carbocycles. The largest absolute Gasteiger partial charge is 0.385 e. The van der Waals surface area contributed by atoms with E-state index in [-0.39, 0.29) is 18.9 Å². The maximum Gasteiger partial charge on any atom is 0.252 e. The molecule has 0 atom stereocenters. The molecule has 0 aromatic rings. The second kappa shape index (κ2) is 3.04. The van der Waals surface area contributed by atoms with Gasteiger partial charge in [-0.05, 0) is 5.92 Å². The van der Waals surface area contributed by atoms with E-state index in [2.05, 4.69) is 11.9 Å². The van der Waals surface area contributed by atoms with Gasteiger partial charge in [0, 0.05) is 24.6 Å². The minimum absolute atomic E-state index is 0.0429. The quantitative estimate of drug-likeness (QED) is 0.695. The smallest absolute Gasteiger partial charge is 0.252 e. The number of allylic oxidation sites excluding steroid dienone is 1. The summed E-state index contributed by atoms with van der Waals surface area (Å²) in [5.74, 6) is -2.12. The summed E-state index contributed by atoms with van der Waals surface area (Å²) in [6.07, 6.45) is -0.0858. The van der Waals surface area contributed by atoms with Crippen LogP contribution in [0.3, 0.4) is 0 Å². The van der Waals surface area contributed by atoms with E-state index >= 15 is 0 Å². The molecule has 0 spiro atoms. The van der Waals surface area contributed by atoms with Crippen molar-refractivity contribution < 1.29 is 8.78 Å². The third-order valence-corrected chi connectivity index (χ3v) is 2.18. The average Bonchev–Trinajstić information content (AvgIpc) is 1.83. The summed E-state index contributed by atoms with van der Waals surface area (Å²) >= 11 is 0. The van der Waals surface area contributed by atoms with Gasteiger partial charge in [-0.3, -0.25) is 0 Å². The van der Waals surface area contributed by atoms with Gasteiger partial charge < -0.3 is 5.32 Å². The van der Waals surface area contributed by atoms with Gasteiger partial charge in [-0.2, -0.15) is 0 Å². The van der Waals surface area contributed by atoms with Gasteiger partial charge in [-0.15, -0.1) is 0 Å². The lowest BCUT2D eigenvalue weighted by Crippen LogP contribution is -2.48. The van der Waals surface area contributed by atoms with Crippen LogP contribution in [0.25, 0.3) is 0 Å². The normalized spacial score (nSPS) is 22.1. The van der Waals surface area contributed by atoms with Gasteiger partial charge in [-0.25, -0.2) is 8.78 Å². The fourth-order valence-electron chi connectivity index (χ4n) is 1.19. The van der Waals surface area contributed by atoms with Crippen molar-refractivity contribution in [3.63, 3.8) is 0 Å². The summed E-state index contributed by atoms with van der Waals surface area (Å²) in [5, 5.41) is 3.00. The van der Waals surface area contributed by atoms with Gasteiger partial charge in [0.25, 0.3) is 5.92 Å². The predicted octanol–water partition coefficient (Wildman–Crippen LogP) is 2.54. The van der Waals surface area contributed by atoms with E-state index < -0.39 is 5.92 Å². The molecule has 0 aromatic heterocycles. The molecular weight excluding hydrogens is 160 g/mol. The number of alkyl halides is 2. The Morgan fingerprint density at radius 2 is 2.00 bits per heavy atom. The van der Waals surface area contributed by atoms with Crippen LogP contribution in [0.1, 0.15) is 26.7 Å². The van der Waals surface area contributed by atoms with Crippen molar-refractivity contribution in [1.82, 2.24) is 5.32 Å². The van der Waals surface area contributed by atoms with Crippen LogP contribution in [-0.2, 0) is 0 Å².